The standard InChI is InChI=1S/C83H162O17P2/c1-9-76(8)62-54-46-41-42-48-56-64-81(86)94-70-79(100-83(88)66-58-50-40-34-28-22-21-25-31-37-45-53-61-75(6)7)72-98-102(91,92)96-68-77(84)67-95-101(89,90)97-71-78(69-93-80(85)63-55-47-38-32-26-19-16-12-14-18-24-30-36-44-52-60-74(4)5)99-82(87)65-57-49-39-33-27-20-15-11-10-13-17-23-29-35-43-51-59-73(2)3/h73-79,84H,9-72H2,1-8H3,(H,89,90)(H,91,92)/t76?,77-,78-,79-/m1/s1. The summed E-state index contributed by atoms with van der Waals surface area (Å²) >= 11 is 0. The molecule has 0 saturated carbocycles. The summed E-state index contributed by atoms with van der Waals surface area (Å²) in [5, 5.41) is 10.7. The molecule has 0 spiro atoms. The van der Waals surface area contributed by atoms with Gasteiger partial charge in [-0.2, -0.15) is 0 Å². The summed E-state index contributed by atoms with van der Waals surface area (Å²) in [5.41, 5.74) is 0. The molecular formula is C83H162O17P2. The highest BCUT2D eigenvalue weighted by Crippen LogP contribution is 2.45. The van der Waals surface area contributed by atoms with Crippen LogP contribution in [0.5, 0.6) is 0 Å². The number of hydrogen-bond acceptors (Lipinski definition) is 15. The van der Waals surface area contributed by atoms with Crippen LogP contribution in [0, 0.1) is 23.7 Å². The number of ether oxygens (including phenoxy) is 4. The molecule has 0 aliphatic carbocycles. The lowest BCUT2D eigenvalue weighted by Gasteiger charge is -2.21. The van der Waals surface area contributed by atoms with Gasteiger partial charge in [-0.25, -0.2) is 9.13 Å². The normalized spacial score (nSPS) is 14.3. The molecule has 3 unspecified atom stereocenters. The molecule has 6 atom stereocenters. The number of aliphatic hydroxyl groups is 1. The first-order valence-corrected chi connectivity index (χ1v) is 45.7. The molecule has 0 aromatic heterocycles. The monoisotopic (exact) mass is 1490 g/mol. The summed E-state index contributed by atoms with van der Waals surface area (Å²) in [4.78, 5) is 73.1. The van der Waals surface area contributed by atoms with Crippen LogP contribution in [0.2, 0.25) is 0 Å². The van der Waals surface area contributed by atoms with E-state index in [1.54, 1.807) is 0 Å². The lowest BCUT2D eigenvalue weighted by molar-refractivity contribution is -0.161. The molecule has 0 bridgehead atoms. The van der Waals surface area contributed by atoms with Crippen LogP contribution in [-0.4, -0.2) is 96.7 Å². The quantitative estimate of drug-likeness (QED) is 0.0222. The van der Waals surface area contributed by atoms with E-state index in [9.17, 15) is 43.2 Å². The number of carbonyl (C=O) groups excluding carboxylic acids is 4. The van der Waals surface area contributed by atoms with Gasteiger partial charge in [0.15, 0.2) is 12.2 Å². The summed E-state index contributed by atoms with van der Waals surface area (Å²) in [6, 6.07) is 0. The Kier molecular flexibility index (Phi) is 70.6. The van der Waals surface area contributed by atoms with E-state index in [-0.39, 0.29) is 25.7 Å². The molecule has 0 rings (SSSR count). The predicted molar refractivity (Wildman–Crippen MR) is 418 cm³/mol. The zero-order valence-corrected chi connectivity index (χ0v) is 69.0. The number of hydrogen-bond donors (Lipinski definition) is 3. The molecule has 0 heterocycles. The van der Waals surface area contributed by atoms with Crippen molar-refractivity contribution in [3.8, 4) is 0 Å². The molecule has 0 amide bonds. The minimum atomic E-state index is -4.96. The van der Waals surface area contributed by atoms with Gasteiger partial charge in [0.25, 0.3) is 0 Å². The van der Waals surface area contributed by atoms with Gasteiger partial charge in [-0.3, -0.25) is 37.3 Å². The number of esters is 4. The first-order chi connectivity index (χ1) is 49.1. The third kappa shape index (κ3) is 74.9. The Morgan fingerprint density at radius 3 is 0.696 bits per heavy atom. The van der Waals surface area contributed by atoms with Gasteiger partial charge >= 0.3 is 39.5 Å². The summed E-state index contributed by atoms with van der Waals surface area (Å²) < 4.78 is 68.8. The van der Waals surface area contributed by atoms with Crippen molar-refractivity contribution in [1.29, 1.82) is 0 Å². The van der Waals surface area contributed by atoms with Crippen LogP contribution in [0.25, 0.3) is 0 Å². The Balaban J connectivity index is 5.25. The molecule has 0 aromatic carbocycles. The van der Waals surface area contributed by atoms with Gasteiger partial charge in [0, 0.05) is 25.7 Å². The maximum Gasteiger partial charge on any atom is 0.472 e. The largest absolute Gasteiger partial charge is 0.472 e. The lowest BCUT2D eigenvalue weighted by atomic mass is 10.00. The fraction of sp³-hybridized carbons (Fsp3) is 0.952. The second-order valence-electron chi connectivity index (χ2n) is 31.5. The Labute approximate surface area is 626 Å². The number of carbonyl (C=O) groups is 4. The molecule has 0 saturated heterocycles. The average molecular weight is 1490 g/mol. The van der Waals surface area contributed by atoms with E-state index in [0.717, 1.165) is 120 Å². The van der Waals surface area contributed by atoms with Gasteiger partial charge in [0.1, 0.15) is 19.3 Å². The first-order valence-electron chi connectivity index (χ1n) is 42.7. The van der Waals surface area contributed by atoms with Gasteiger partial charge in [-0.15, -0.1) is 0 Å². The van der Waals surface area contributed by atoms with Crippen molar-refractivity contribution in [2.75, 3.05) is 39.6 Å². The second kappa shape index (κ2) is 72.0. The van der Waals surface area contributed by atoms with Crippen molar-refractivity contribution < 1.29 is 80.2 Å². The molecule has 606 valence electrons. The van der Waals surface area contributed by atoms with Crippen LogP contribution in [0.15, 0.2) is 0 Å². The van der Waals surface area contributed by atoms with Crippen LogP contribution < -0.4 is 0 Å². The molecule has 0 aromatic rings. The molecule has 0 aliphatic rings. The summed E-state index contributed by atoms with van der Waals surface area (Å²) in [7, 11) is -9.93. The minimum Gasteiger partial charge on any atom is -0.462 e. The predicted octanol–water partition coefficient (Wildman–Crippen LogP) is 24.8. The Morgan fingerprint density at radius 1 is 0.275 bits per heavy atom. The molecule has 0 fully saturated rings. The Morgan fingerprint density at radius 2 is 0.471 bits per heavy atom. The van der Waals surface area contributed by atoms with E-state index in [0.29, 0.717) is 25.7 Å². The zero-order valence-electron chi connectivity index (χ0n) is 67.2. The van der Waals surface area contributed by atoms with Crippen molar-refractivity contribution in [3.63, 3.8) is 0 Å². The number of phosphoric acid groups is 2. The molecule has 0 radical (unpaired) electrons. The fourth-order valence-corrected chi connectivity index (χ4v) is 14.3. The highest BCUT2D eigenvalue weighted by atomic mass is 31.2. The van der Waals surface area contributed by atoms with Crippen LogP contribution in [0.1, 0.15) is 428 Å². The van der Waals surface area contributed by atoms with E-state index in [1.165, 1.54) is 225 Å². The van der Waals surface area contributed by atoms with Crippen molar-refractivity contribution >= 4 is 39.5 Å². The Bertz CT molecular complexity index is 1990. The molecule has 102 heavy (non-hydrogen) atoms. The number of unbranched alkanes of at least 4 members (excludes halogenated alkanes) is 45. The van der Waals surface area contributed by atoms with Gasteiger partial charge in [0.2, 0.25) is 0 Å². The van der Waals surface area contributed by atoms with E-state index in [2.05, 4.69) is 55.4 Å². The second-order valence-corrected chi connectivity index (χ2v) is 34.4. The van der Waals surface area contributed by atoms with Crippen molar-refractivity contribution in [2.45, 2.75) is 446 Å². The van der Waals surface area contributed by atoms with E-state index < -0.39 is 97.5 Å². The number of aliphatic hydroxyl groups excluding tert-OH is 1. The Hall–Kier alpha value is -1.94. The fourth-order valence-electron chi connectivity index (χ4n) is 12.8. The number of phosphoric ester groups is 2. The molecule has 19 heteroatoms. The SMILES string of the molecule is CCC(C)CCCCCCCCC(=O)OC[C@H](COP(=O)(O)OC[C@H](O)COP(=O)(O)OC[C@@H](COC(=O)CCCCCCCCCCCCCCCCCC(C)C)OC(=O)CCCCCCCCCCCCCCCCCCC(C)C)OC(=O)CCCCCCCCCCCCCCC(C)C. The van der Waals surface area contributed by atoms with E-state index >= 15 is 0 Å². The lowest BCUT2D eigenvalue weighted by Crippen LogP contribution is -2.30. The maximum absolute atomic E-state index is 13.1. The maximum atomic E-state index is 13.1. The summed E-state index contributed by atoms with van der Waals surface area (Å²) in [6.45, 7) is 14.3. The van der Waals surface area contributed by atoms with Crippen molar-refractivity contribution in [1.82, 2.24) is 0 Å². The highest BCUT2D eigenvalue weighted by molar-refractivity contribution is 7.47. The average Bonchev–Trinajstić information content (AvgIpc) is 0.916. The zero-order chi connectivity index (χ0) is 75.3. The third-order valence-corrected chi connectivity index (χ3v) is 21.6. The molecule has 3 N–H and O–H groups in total. The minimum absolute atomic E-state index is 0.106. The van der Waals surface area contributed by atoms with Gasteiger partial charge in [0.05, 0.1) is 26.4 Å². The van der Waals surface area contributed by atoms with Gasteiger partial charge in [-0.1, -0.05) is 376 Å². The van der Waals surface area contributed by atoms with Crippen LogP contribution in [0.3, 0.4) is 0 Å². The van der Waals surface area contributed by atoms with Crippen molar-refractivity contribution in [3.05, 3.63) is 0 Å². The van der Waals surface area contributed by atoms with Crippen molar-refractivity contribution in [2.24, 2.45) is 23.7 Å². The van der Waals surface area contributed by atoms with E-state index in [1.807, 2.05) is 0 Å². The van der Waals surface area contributed by atoms with Gasteiger partial charge < -0.3 is 33.8 Å². The van der Waals surface area contributed by atoms with Crippen LogP contribution >= 0.6 is 15.6 Å². The summed E-state index contributed by atoms with van der Waals surface area (Å²) in [5.74, 6) is 1.01. The van der Waals surface area contributed by atoms with Crippen LogP contribution in [-0.2, 0) is 65.4 Å². The highest BCUT2D eigenvalue weighted by Gasteiger charge is 2.30. The smallest absolute Gasteiger partial charge is 0.462 e. The molecule has 0 aliphatic heterocycles. The number of rotatable bonds is 80. The van der Waals surface area contributed by atoms with Gasteiger partial charge in [-0.05, 0) is 49.4 Å². The molecule has 17 nitrogen and oxygen atoms in total. The summed E-state index contributed by atoms with van der Waals surface area (Å²) in [6.07, 6.45) is 59.7. The van der Waals surface area contributed by atoms with E-state index in [4.69, 9.17) is 37.0 Å². The molecular weight excluding hydrogens is 1330 g/mol. The third-order valence-electron chi connectivity index (χ3n) is 19.7. The topological polar surface area (TPSA) is 237 Å². The van der Waals surface area contributed by atoms with Crippen LogP contribution in [0.4, 0.5) is 0 Å². The first kappa shape index (κ1) is 100.